The largest absolute Gasteiger partial charge is 0.339 e. The lowest BCUT2D eigenvalue weighted by atomic mass is 9.90. The monoisotopic (exact) mass is 357 g/mol. The van der Waals surface area contributed by atoms with E-state index in [2.05, 4.69) is 24.3 Å². The van der Waals surface area contributed by atoms with Crippen molar-refractivity contribution in [2.24, 2.45) is 5.92 Å². The average molecular weight is 357 g/mol. The third kappa shape index (κ3) is 4.42. The van der Waals surface area contributed by atoms with Crippen LogP contribution in [0, 0.1) is 5.92 Å². The number of piperazine rings is 1. The molecule has 3 rings (SSSR count). The standard InChI is InChI=1S/C20H27N3O3/c1-16(24)21-11-13-23(14-12-21)20(26)19(25)22-9-7-18(8-10-22)15-17-5-3-2-4-6-17/h2-6,18H,7-15H2,1H3. The Labute approximate surface area is 154 Å². The minimum absolute atomic E-state index is 0.0175. The van der Waals surface area contributed by atoms with Gasteiger partial charge in [0.1, 0.15) is 0 Å². The highest BCUT2D eigenvalue weighted by atomic mass is 16.2. The van der Waals surface area contributed by atoms with Gasteiger partial charge in [0.2, 0.25) is 5.91 Å². The molecule has 0 radical (unpaired) electrons. The van der Waals surface area contributed by atoms with Gasteiger partial charge in [0.25, 0.3) is 0 Å². The third-order valence-electron chi connectivity index (χ3n) is 5.46. The van der Waals surface area contributed by atoms with Crippen LogP contribution >= 0.6 is 0 Å². The van der Waals surface area contributed by atoms with Crippen molar-refractivity contribution in [3.63, 3.8) is 0 Å². The van der Waals surface area contributed by atoms with Gasteiger partial charge in [-0.1, -0.05) is 30.3 Å². The topological polar surface area (TPSA) is 60.9 Å². The van der Waals surface area contributed by atoms with E-state index in [4.69, 9.17) is 0 Å². The molecular formula is C20H27N3O3. The Balaban J connectivity index is 1.46. The average Bonchev–Trinajstić information content (AvgIpc) is 2.68. The number of likely N-dealkylation sites (tertiary alicyclic amines) is 1. The van der Waals surface area contributed by atoms with Gasteiger partial charge in [-0.3, -0.25) is 14.4 Å². The maximum absolute atomic E-state index is 12.5. The van der Waals surface area contributed by atoms with Crippen LogP contribution in [-0.4, -0.2) is 71.7 Å². The van der Waals surface area contributed by atoms with Crippen LogP contribution in [0.25, 0.3) is 0 Å². The van der Waals surface area contributed by atoms with E-state index in [9.17, 15) is 14.4 Å². The van der Waals surface area contributed by atoms with Gasteiger partial charge < -0.3 is 14.7 Å². The first-order chi connectivity index (χ1) is 12.5. The molecule has 3 amide bonds. The smallest absolute Gasteiger partial charge is 0.312 e. The third-order valence-corrected chi connectivity index (χ3v) is 5.46. The summed E-state index contributed by atoms with van der Waals surface area (Å²) in [4.78, 5) is 41.4. The Hall–Kier alpha value is -2.37. The Morgan fingerprint density at radius 1 is 0.808 bits per heavy atom. The van der Waals surface area contributed by atoms with E-state index in [1.165, 1.54) is 12.5 Å². The highest BCUT2D eigenvalue weighted by molar-refractivity contribution is 6.34. The first kappa shape index (κ1) is 18.4. The molecule has 6 nitrogen and oxygen atoms in total. The van der Waals surface area contributed by atoms with E-state index in [0.717, 1.165) is 19.3 Å². The molecule has 0 bridgehead atoms. The van der Waals surface area contributed by atoms with Crippen molar-refractivity contribution in [1.29, 1.82) is 0 Å². The van der Waals surface area contributed by atoms with Crippen LogP contribution in [0.15, 0.2) is 30.3 Å². The molecule has 2 aliphatic heterocycles. The summed E-state index contributed by atoms with van der Waals surface area (Å²) < 4.78 is 0. The predicted octanol–water partition coefficient (Wildman–Crippen LogP) is 1.16. The van der Waals surface area contributed by atoms with Gasteiger partial charge in [-0.05, 0) is 30.7 Å². The predicted molar refractivity (Wildman–Crippen MR) is 98.3 cm³/mol. The maximum atomic E-state index is 12.5. The fourth-order valence-corrected chi connectivity index (χ4v) is 3.78. The molecule has 0 unspecified atom stereocenters. The van der Waals surface area contributed by atoms with Crippen LogP contribution in [0.3, 0.4) is 0 Å². The van der Waals surface area contributed by atoms with Crippen LogP contribution in [0.4, 0.5) is 0 Å². The molecule has 0 aliphatic carbocycles. The molecule has 0 saturated carbocycles. The van der Waals surface area contributed by atoms with E-state index in [0.29, 0.717) is 45.2 Å². The molecule has 2 fully saturated rings. The van der Waals surface area contributed by atoms with Crippen molar-refractivity contribution < 1.29 is 14.4 Å². The minimum Gasteiger partial charge on any atom is -0.339 e. The van der Waals surface area contributed by atoms with E-state index < -0.39 is 5.91 Å². The van der Waals surface area contributed by atoms with Gasteiger partial charge in [0.05, 0.1) is 0 Å². The number of carbonyl (C=O) groups is 3. The number of hydrogen-bond acceptors (Lipinski definition) is 3. The maximum Gasteiger partial charge on any atom is 0.312 e. The summed E-state index contributed by atoms with van der Waals surface area (Å²) in [6.07, 6.45) is 2.90. The highest BCUT2D eigenvalue weighted by Crippen LogP contribution is 2.22. The van der Waals surface area contributed by atoms with E-state index in [1.54, 1.807) is 14.7 Å². The molecule has 2 heterocycles. The first-order valence-electron chi connectivity index (χ1n) is 9.42. The zero-order valence-corrected chi connectivity index (χ0v) is 15.4. The number of hydrogen-bond donors (Lipinski definition) is 0. The molecule has 2 saturated heterocycles. The summed E-state index contributed by atoms with van der Waals surface area (Å²) in [6, 6.07) is 10.4. The number of benzene rings is 1. The summed E-state index contributed by atoms with van der Waals surface area (Å²) in [5, 5.41) is 0. The second-order valence-corrected chi connectivity index (χ2v) is 7.22. The Morgan fingerprint density at radius 2 is 1.31 bits per heavy atom. The number of carbonyl (C=O) groups excluding carboxylic acids is 3. The summed E-state index contributed by atoms with van der Waals surface area (Å²) in [5.74, 6) is -0.228. The molecule has 1 aromatic rings. The van der Waals surface area contributed by atoms with Crippen molar-refractivity contribution >= 4 is 17.7 Å². The number of amides is 3. The Bertz CT molecular complexity index is 646. The molecule has 140 valence electrons. The summed E-state index contributed by atoms with van der Waals surface area (Å²) >= 11 is 0. The molecule has 0 spiro atoms. The molecule has 2 aliphatic rings. The van der Waals surface area contributed by atoms with Crippen LogP contribution in [0.5, 0.6) is 0 Å². The second-order valence-electron chi connectivity index (χ2n) is 7.22. The number of rotatable bonds is 2. The summed E-state index contributed by atoms with van der Waals surface area (Å²) in [6.45, 7) is 4.72. The molecule has 6 heteroatoms. The molecule has 0 N–H and O–H groups in total. The van der Waals surface area contributed by atoms with E-state index in [1.807, 2.05) is 6.07 Å². The van der Waals surface area contributed by atoms with E-state index in [-0.39, 0.29) is 11.8 Å². The van der Waals surface area contributed by atoms with Crippen molar-refractivity contribution in [3.8, 4) is 0 Å². The van der Waals surface area contributed by atoms with Crippen molar-refractivity contribution in [1.82, 2.24) is 14.7 Å². The van der Waals surface area contributed by atoms with Gasteiger partial charge in [-0.15, -0.1) is 0 Å². The molecule has 0 aromatic heterocycles. The van der Waals surface area contributed by atoms with Crippen LogP contribution in [-0.2, 0) is 20.8 Å². The van der Waals surface area contributed by atoms with Crippen molar-refractivity contribution in [2.75, 3.05) is 39.3 Å². The molecule has 0 atom stereocenters. The number of piperidine rings is 1. The van der Waals surface area contributed by atoms with Crippen LogP contribution < -0.4 is 0 Å². The zero-order valence-electron chi connectivity index (χ0n) is 15.4. The minimum atomic E-state index is -0.422. The molecule has 1 aromatic carbocycles. The summed E-state index contributed by atoms with van der Waals surface area (Å²) in [5.41, 5.74) is 1.33. The highest BCUT2D eigenvalue weighted by Gasteiger charge is 2.32. The number of nitrogens with zero attached hydrogens (tertiary/aromatic N) is 3. The SMILES string of the molecule is CC(=O)N1CCN(C(=O)C(=O)N2CCC(Cc3ccccc3)CC2)CC1. The second kappa shape index (κ2) is 8.34. The van der Waals surface area contributed by atoms with Gasteiger partial charge in [0.15, 0.2) is 0 Å². The molecular weight excluding hydrogens is 330 g/mol. The zero-order chi connectivity index (χ0) is 18.5. The van der Waals surface area contributed by atoms with Gasteiger partial charge in [-0.25, -0.2) is 0 Å². The van der Waals surface area contributed by atoms with Gasteiger partial charge in [-0.2, -0.15) is 0 Å². The van der Waals surface area contributed by atoms with Gasteiger partial charge >= 0.3 is 11.8 Å². The first-order valence-corrected chi connectivity index (χ1v) is 9.42. The summed E-state index contributed by atoms with van der Waals surface area (Å²) in [7, 11) is 0. The fraction of sp³-hybridized carbons (Fsp3) is 0.550. The van der Waals surface area contributed by atoms with Crippen LogP contribution in [0.1, 0.15) is 25.3 Å². The van der Waals surface area contributed by atoms with Crippen molar-refractivity contribution in [3.05, 3.63) is 35.9 Å². The van der Waals surface area contributed by atoms with Crippen LogP contribution in [0.2, 0.25) is 0 Å². The van der Waals surface area contributed by atoms with Crippen molar-refractivity contribution in [2.45, 2.75) is 26.2 Å². The van der Waals surface area contributed by atoms with E-state index >= 15 is 0 Å². The normalized spacial score (nSPS) is 18.7. The fourth-order valence-electron chi connectivity index (χ4n) is 3.78. The quantitative estimate of drug-likeness (QED) is 0.746. The lowest BCUT2D eigenvalue weighted by Crippen LogP contribution is -2.54. The molecule has 26 heavy (non-hydrogen) atoms. The lowest BCUT2D eigenvalue weighted by molar-refractivity contribution is -0.154. The Kier molecular flexibility index (Phi) is 5.91. The Morgan fingerprint density at radius 3 is 1.85 bits per heavy atom. The lowest BCUT2D eigenvalue weighted by Gasteiger charge is -2.36. The van der Waals surface area contributed by atoms with Gasteiger partial charge in [0, 0.05) is 46.2 Å².